The van der Waals surface area contributed by atoms with Gasteiger partial charge in [-0.3, -0.25) is 0 Å². The highest BCUT2D eigenvalue weighted by molar-refractivity contribution is 7.98. The van der Waals surface area contributed by atoms with Crippen molar-refractivity contribution in [3.63, 3.8) is 0 Å². The molecule has 1 aromatic heterocycles. The Kier molecular flexibility index (Phi) is 3.00. The lowest BCUT2D eigenvalue weighted by molar-refractivity contribution is 0.617. The minimum Gasteiger partial charge on any atom is -0.154 e. The summed E-state index contributed by atoms with van der Waals surface area (Å²) >= 11 is 7.55. The van der Waals surface area contributed by atoms with E-state index in [1.807, 2.05) is 24.3 Å². The van der Waals surface area contributed by atoms with E-state index in [1.54, 1.807) is 11.8 Å². The SMILES string of the molecule is Clc1ccccc1SCn1ncnn1. The molecule has 0 atom stereocenters. The van der Waals surface area contributed by atoms with Crippen LogP contribution in [0.1, 0.15) is 0 Å². The van der Waals surface area contributed by atoms with Gasteiger partial charge in [-0.25, -0.2) is 0 Å². The van der Waals surface area contributed by atoms with Crippen LogP contribution < -0.4 is 0 Å². The predicted octanol–water partition coefficient (Wildman–Crippen LogP) is 2.08. The van der Waals surface area contributed by atoms with Crippen LogP contribution in [0.15, 0.2) is 35.5 Å². The monoisotopic (exact) mass is 226 g/mol. The molecule has 14 heavy (non-hydrogen) atoms. The van der Waals surface area contributed by atoms with E-state index in [9.17, 15) is 0 Å². The summed E-state index contributed by atoms with van der Waals surface area (Å²) in [4.78, 5) is 2.53. The van der Waals surface area contributed by atoms with Gasteiger partial charge < -0.3 is 0 Å². The average molecular weight is 227 g/mol. The molecule has 2 rings (SSSR count). The molecule has 1 aromatic carbocycles. The van der Waals surface area contributed by atoms with Crippen LogP contribution in [0.4, 0.5) is 0 Å². The second-order valence-electron chi connectivity index (χ2n) is 2.51. The Morgan fingerprint density at radius 3 is 2.93 bits per heavy atom. The third-order valence-corrected chi connectivity index (χ3v) is 3.03. The fourth-order valence-electron chi connectivity index (χ4n) is 0.937. The van der Waals surface area contributed by atoms with Gasteiger partial charge in [-0.15, -0.1) is 10.2 Å². The Balaban J connectivity index is 2.02. The van der Waals surface area contributed by atoms with Gasteiger partial charge in [0.15, 0.2) is 6.33 Å². The topological polar surface area (TPSA) is 43.6 Å². The number of hydrogen-bond donors (Lipinski definition) is 0. The van der Waals surface area contributed by atoms with Gasteiger partial charge in [0, 0.05) is 4.90 Å². The smallest absolute Gasteiger partial charge is 0.154 e. The van der Waals surface area contributed by atoms with Crippen molar-refractivity contribution in [1.82, 2.24) is 20.2 Å². The van der Waals surface area contributed by atoms with Crippen molar-refractivity contribution in [2.45, 2.75) is 10.8 Å². The maximum atomic E-state index is 5.98. The molecule has 0 saturated heterocycles. The summed E-state index contributed by atoms with van der Waals surface area (Å²) in [6.45, 7) is 0. The number of nitrogens with zero attached hydrogens (tertiary/aromatic N) is 4. The molecule has 0 aliphatic rings. The first-order chi connectivity index (χ1) is 6.86. The Bertz CT molecular complexity index is 403. The van der Waals surface area contributed by atoms with Crippen molar-refractivity contribution in [1.29, 1.82) is 0 Å². The van der Waals surface area contributed by atoms with E-state index in [0.717, 1.165) is 9.92 Å². The van der Waals surface area contributed by atoms with Crippen LogP contribution in [0.3, 0.4) is 0 Å². The van der Waals surface area contributed by atoms with Gasteiger partial charge in [-0.2, -0.15) is 4.80 Å². The summed E-state index contributed by atoms with van der Waals surface area (Å²) in [7, 11) is 0. The first-order valence-electron chi connectivity index (χ1n) is 3.94. The molecule has 0 amide bonds. The summed E-state index contributed by atoms with van der Waals surface area (Å²) in [5.41, 5.74) is 0. The number of hydrogen-bond acceptors (Lipinski definition) is 4. The first-order valence-corrected chi connectivity index (χ1v) is 5.31. The fraction of sp³-hybridized carbons (Fsp3) is 0.125. The second kappa shape index (κ2) is 4.43. The lowest BCUT2D eigenvalue weighted by Crippen LogP contribution is -1.98. The van der Waals surface area contributed by atoms with Crippen molar-refractivity contribution in [3.05, 3.63) is 35.6 Å². The van der Waals surface area contributed by atoms with Crippen LogP contribution in [0.5, 0.6) is 0 Å². The predicted molar refractivity (Wildman–Crippen MR) is 55.1 cm³/mol. The molecule has 2 aromatic rings. The van der Waals surface area contributed by atoms with Crippen molar-refractivity contribution in [2.75, 3.05) is 0 Å². The Labute approximate surface area is 90.3 Å². The number of rotatable bonds is 3. The van der Waals surface area contributed by atoms with Crippen LogP contribution in [0.2, 0.25) is 5.02 Å². The zero-order chi connectivity index (χ0) is 9.80. The van der Waals surface area contributed by atoms with E-state index in [1.165, 1.54) is 11.1 Å². The molecule has 0 fully saturated rings. The van der Waals surface area contributed by atoms with Gasteiger partial charge in [0.05, 0.1) is 5.02 Å². The van der Waals surface area contributed by atoms with Crippen molar-refractivity contribution in [3.8, 4) is 0 Å². The van der Waals surface area contributed by atoms with E-state index in [0.29, 0.717) is 5.88 Å². The normalized spacial score (nSPS) is 10.4. The Hall–Kier alpha value is -1.07. The van der Waals surface area contributed by atoms with Crippen LogP contribution in [0, 0.1) is 0 Å². The average Bonchev–Trinajstić information content (AvgIpc) is 2.69. The van der Waals surface area contributed by atoms with Gasteiger partial charge in [0.2, 0.25) is 0 Å². The zero-order valence-electron chi connectivity index (χ0n) is 7.17. The molecule has 1 heterocycles. The van der Waals surface area contributed by atoms with Crippen LogP contribution >= 0.6 is 23.4 Å². The molecule has 4 nitrogen and oxygen atoms in total. The Morgan fingerprint density at radius 1 is 1.36 bits per heavy atom. The molecule has 0 aliphatic carbocycles. The summed E-state index contributed by atoms with van der Waals surface area (Å²) in [5, 5.41) is 12.0. The van der Waals surface area contributed by atoms with Crippen molar-refractivity contribution in [2.24, 2.45) is 0 Å². The lowest BCUT2D eigenvalue weighted by Gasteiger charge is -2.01. The minimum atomic E-state index is 0.615. The molecule has 0 saturated carbocycles. The summed E-state index contributed by atoms with van der Waals surface area (Å²) in [6.07, 6.45) is 1.41. The maximum absolute atomic E-state index is 5.98. The number of tetrazole rings is 1. The fourth-order valence-corrected chi connectivity index (χ4v) is 1.99. The summed E-state index contributed by atoms with van der Waals surface area (Å²) < 4.78 is 0. The number of thioether (sulfide) groups is 1. The van der Waals surface area contributed by atoms with E-state index in [4.69, 9.17) is 11.6 Å². The quantitative estimate of drug-likeness (QED) is 0.752. The molecule has 6 heteroatoms. The standard InChI is InChI=1S/C8H7ClN4S/c9-7-3-1-2-4-8(7)14-6-13-11-5-10-12-13/h1-5H,6H2. The Morgan fingerprint density at radius 2 is 2.21 bits per heavy atom. The summed E-state index contributed by atoms with van der Waals surface area (Å²) in [6, 6.07) is 7.67. The molecule has 0 unspecified atom stereocenters. The second-order valence-corrected chi connectivity index (χ2v) is 3.91. The first kappa shape index (κ1) is 9.48. The van der Waals surface area contributed by atoms with Gasteiger partial charge in [-0.05, 0) is 17.3 Å². The van der Waals surface area contributed by atoms with E-state index in [2.05, 4.69) is 15.4 Å². The molecular formula is C8H7ClN4S. The third-order valence-electron chi connectivity index (χ3n) is 1.56. The molecule has 0 N–H and O–H groups in total. The van der Waals surface area contributed by atoms with E-state index >= 15 is 0 Å². The van der Waals surface area contributed by atoms with Crippen molar-refractivity contribution >= 4 is 23.4 Å². The van der Waals surface area contributed by atoms with Crippen LogP contribution in [-0.4, -0.2) is 20.2 Å². The van der Waals surface area contributed by atoms with Crippen molar-refractivity contribution < 1.29 is 0 Å². The maximum Gasteiger partial charge on any atom is 0.162 e. The highest BCUT2D eigenvalue weighted by atomic mass is 35.5. The molecular weight excluding hydrogens is 220 g/mol. The summed E-state index contributed by atoms with van der Waals surface area (Å²) in [5.74, 6) is 0.615. The van der Waals surface area contributed by atoms with Crippen LogP contribution in [-0.2, 0) is 5.88 Å². The molecule has 0 bridgehead atoms. The molecule has 0 spiro atoms. The van der Waals surface area contributed by atoms with Gasteiger partial charge >= 0.3 is 0 Å². The van der Waals surface area contributed by atoms with E-state index < -0.39 is 0 Å². The molecule has 0 radical (unpaired) electrons. The third kappa shape index (κ3) is 2.24. The minimum absolute atomic E-state index is 0.615. The largest absolute Gasteiger partial charge is 0.162 e. The van der Waals surface area contributed by atoms with Gasteiger partial charge in [0.25, 0.3) is 0 Å². The molecule has 72 valence electrons. The zero-order valence-corrected chi connectivity index (χ0v) is 8.74. The highest BCUT2D eigenvalue weighted by Gasteiger charge is 2.00. The molecule has 0 aliphatic heterocycles. The number of aromatic nitrogens is 4. The highest BCUT2D eigenvalue weighted by Crippen LogP contribution is 2.26. The van der Waals surface area contributed by atoms with Crippen LogP contribution in [0.25, 0.3) is 0 Å². The number of benzene rings is 1. The van der Waals surface area contributed by atoms with Gasteiger partial charge in [0.1, 0.15) is 5.88 Å². The van der Waals surface area contributed by atoms with E-state index in [-0.39, 0.29) is 0 Å². The lowest BCUT2D eigenvalue weighted by atomic mass is 10.4. The number of halogens is 1. The van der Waals surface area contributed by atoms with Gasteiger partial charge in [-0.1, -0.05) is 35.5 Å².